The fraction of sp³-hybridized carbons (Fsp3) is 0.350. The molecular formula is C20H20ClFN2. The Morgan fingerprint density at radius 2 is 2.17 bits per heavy atom. The summed E-state index contributed by atoms with van der Waals surface area (Å²) in [5, 5.41) is 0.589. The molecule has 0 atom stereocenters. The Labute approximate surface area is 147 Å². The third-order valence-corrected chi connectivity index (χ3v) is 5.45. The molecule has 24 heavy (non-hydrogen) atoms. The van der Waals surface area contributed by atoms with Gasteiger partial charge in [-0.3, -0.25) is 9.88 Å². The van der Waals surface area contributed by atoms with Gasteiger partial charge in [-0.1, -0.05) is 29.8 Å². The minimum Gasteiger partial charge on any atom is -0.296 e. The molecule has 0 radical (unpaired) electrons. The van der Waals surface area contributed by atoms with Crippen LogP contribution in [-0.4, -0.2) is 22.5 Å². The van der Waals surface area contributed by atoms with Crippen LogP contribution < -0.4 is 0 Å². The molecule has 1 fully saturated rings. The summed E-state index contributed by atoms with van der Waals surface area (Å²) in [4.78, 5) is 6.86. The largest absolute Gasteiger partial charge is 0.296 e. The Balaban J connectivity index is 1.60. The van der Waals surface area contributed by atoms with Gasteiger partial charge in [-0.05, 0) is 60.6 Å². The Morgan fingerprint density at radius 3 is 2.96 bits per heavy atom. The number of nitrogens with zero attached hydrogens (tertiary/aromatic N) is 2. The molecule has 1 aromatic heterocycles. The maximum atomic E-state index is 14.6. The van der Waals surface area contributed by atoms with Gasteiger partial charge in [-0.2, -0.15) is 0 Å². The van der Waals surface area contributed by atoms with E-state index in [1.807, 2.05) is 37.4 Å². The molecule has 0 spiro atoms. The Bertz CT molecular complexity index is 811. The Kier molecular flexibility index (Phi) is 4.15. The Morgan fingerprint density at radius 1 is 1.33 bits per heavy atom. The third kappa shape index (κ3) is 3.11. The predicted octanol–water partition coefficient (Wildman–Crippen LogP) is 5.03. The Hall–Kier alpha value is -1.71. The highest BCUT2D eigenvalue weighted by molar-refractivity contribution is 6.33. The molecule has 0 bridgehead atoms. The summed E-state index contributed by atoms with van der Waals surface area (Å²) in [6.07, 6.45) is 6.92. The highest BCUT2D eigenvalue weighted by atomic mass is 35.5. The maximum absolute atomic E-state index is 14.6. The molecule has 4 heteroatoms. The van der Waals surface area contributed by atoms with Crippen molar-refractivity contribution in [2.45, 2.75) is 38.8 Å². The first-order chi connectivity index (χ1) is 11.6. The molecule has 0 N–H and O–H groups in total. The first kappa shape index (κ1) is 15.8. The molecule has 1 aliphatic carbocycles. The average molecular weight is 343 g/mol. The first-order valence-electron chi connectivity index (χ1n) is 8.46. The summed E-state index contributed by atoms with van der Waals surface area (Å²) in [5.74, 6) is -0.338. The summed E-state index contributed by atoms with van der Waals surface area (Å²) >= 11 is 6.25. The van der Waals surface area contributed by atoms with Crippen LogP contribution in [0.15, 0.2) is 30.5 Å². The number of fused-ring (bicyclic) bond motifs is 1. The van der Waals surface area contributed by atoms with Crippen LogP contribution in [0, 0.1) is 6.92 Å². The van der Waals surface area contributed by atoms with Crippen molar-refractivity contribution < 1.29 is 4.39 Å². The van der Waals surface area contributed by atoms with E-state index in [4.69, 9.17) is 11.6 Å². The zero-order valence-electron chi connectivity index (χ0n) is 13.7. The third-order valence-electron chi connectivity index (χ3n) is 4.94. The minimum atomic E-state index is -0.338. The smallest absolute Gasteiger partial charge is 0.149 e. The van der Waals surface area contributed by atoms with Crippen LogP contribution in [0.25, 0.3) is 11.9 Å². The summed E-state index contributed by atoms with van der Waals surface area (Å²) in [7, 11) is 0. The van der Waals surface area contributed by atoms with Gasteiger partial charge in [0.2, 0.25) is 0 Å². The quantitative estimate of drug-likeness (QED) is 0.777. The molecule has 1 saturated carbocycles. The van der Waals surface area contributed by atoms with Crippen molar-refractivity contribution in [3.05, 3.63) is 63.4 Å². The highest BCUT2D eigenvalue weighted by Crippen LogP contribution is 2.32. The monoisotopic (exact) mass is 342 g/mol. The number of hydrogen-bond donors (Lipinski definition) is 0. The van der Waals surface area contributed by atoms with Gasteiger partial charge in [0.15, 0.2) is 0 Å². The molecule has 2 heterocycles. The number of halogens is 2. The molecule has 2 aromatic rings. The van der Waals surface area contributed by atoms with Gasteiger partial charge in [0.25, 0.3) is 0 Å². The second kappa shape index (κ2) is 6.30. The van der Waals surface area contributed by atoms with Crippen LogP contribution in [0.1, 0.15) is 40.8 Å². The van der Waals surface area contributed by atoms with Gasteiger partial charge in [0.05, 0.1) is 10.7 Å². The molecule has 2 nitrogen and oxygen atoms in total. The van der Waals surface area contributed by atoms with Crippen LogP contribution in [0.4, 0.5) is 4.39 Å². The van der Waals surface area contributed by atoms with E-state index in [0.717, 1.165) is 31.1 Å². The van der Waals surface area contributed by atoms with E-state index in [2.05, 4.69) is 9.88 Å². The van der Waals surface area contributed by atoms with Crippen molar-refractivity contribution in [3.8, 4) is 0 Å². The standard InChI is InChI=1S/C20H20ClFN2/c1-13-3-2-4-15(20(13)21)9-18(22)19-10-14-7-8-24(17-5-6-17)12-16(14)11-23-19/h2-4,9-11,17H,5-8,12H2,1H3/b18-9-. The van der Waals surface area contributed by atoms with Crippen LogP contribution in [0.2, 0.25) is 5.02 Å². The van der Waals surface area contributed by atoms with Crippen LogP contribution in [-0.2, 0) is 13.0 Å². The van der Waals surface area contributed by atoms with Crippen molar-refractivity contribution in [2.24, 2.45) is 0 Å². The topological polar surface area (TPSA) is 16.1 Å². The number of pyridine rings is 1. The molecule has 1 aromatic carbocycles. The summed E-state index contributed by atoms with van der Waals surface area (Å²) in [5.41, 5.74) is 4.48. The summed E-state index contributed by atoms with van der Waals surface area (Å²) in [6.45, 7) is 3.93. The normalized spacial score (nSPS) is 18.5. The molecule has 0 saturated heterocycles. The van der Waals surface area contributed by atoms with Crippen molar-refractivity contribution in [3.63, 3.8) is 0 Å². The van der Waals surface area contributed by atoms with E-state index in [-0.39, 0.29) is 5.83 Å². The van der Waals surface area contributed by atoms with Gasteiger partial charge in [0.1, 0.15) is 5.83 Å². The first-order valence-corrected chi connectivity index (χ1v) is 8.84. The number of aromatic nitrogens is 1. The maximum Gasteiger partial charge on any atom is 0.149 e. The van der Waals surface area contributed by atoms with Gasteiger partial charge >= 0.3 is 0 Å². The lowest BCUT2D eigenvalue weighted by atomic mass is 10.0. The zero-order chi connectivity index (χ0) is 16.7. The van der Waals surface area contributed by atoms with E-state index in [0.29, 0.717) is 16.3 Å². The van der Waals surface area contributed by atoms with E-state index in [1.54, 1.807) is 0 Å². The van der Waals surface area contributed by atoms with Gasteiger partial charge in [-0.25, -0.2) is 4.39 Å². The zero-order valence-corrected chi connectivity index (χ0v) is 14.5. The molecule has 2 aliphatic rings. The average Bonchev–Trinajstić information content (AvgIpc) is 3.43. The second-order valence-electron chi connectivity index (χ2n) is 6.76. The number of hydrogen-bond acceptors (Lipinski definition) is 2. The van der Waals surface area contributed by atoms with Crippen molar-refractivity contribution >= 4 is 23.5 Å². The van der Waals surface area contributed by atoms with Crippen molar-refractivity contribution in [1.29, 1.82) is 0 Å². The fourth-order valence-corrected chi connectivity index (χ4v) is 3.52. The number of rotatable bonds is 3. The summed E-state index contributed by atoms with van der Waals surface area (Å²) in [6, 6.07) is 8.28. The number of benzene rings is 1. The van der Waals surface area contributed by atoms with Gasteiger partial charge in [0, 0.05) is 25.3 Å². The molecule has 1 aliphatic heterocycles. The van der Waals surface area contributed by atoms with E-state index in [1.165, 1.54) is 30.0 Å². The van der Waals surface area contributed by atoms with Crippen LogP contribution in [0.5, 0.6) is 0 Å². The van der Waals surface area contributed by atoms with Crippen LogP contribution >= 0.6 is 11.6 Å². The number of aryl methyl sites for hydroxylation is 1. The molecular weight excluding hydrogens is 323 g/mol. The molecule has 124 valence electrons. The second-order valence-corrected chi connectivity index (χ2v) is 7.14. The lowest BCUT2D eigenvalue weighted by molar-refractivity contribution is 0.243. The van der Waals surface area contributed by atoms with E-state index < -0.39 is 0 Å². The van der Waals surface area contributed by atoms with Gasteiger partial charge < -0.3 is 0 Å². The summed E-state index contributed by atoms with van der Waals surface area (Å²) < 4.78 is 14.6. The van der Waals surface area contributed by atoms with Crippen molar-refractivity contribution in [2.75, 3.05) is 6.54 Å². The highest BCUT2D eigenvalue weighted by Gasteiger charge is 2.31. The molecule has 0 amide bonds. The van der Waals surface area contributed by atoms with Gasteiger partial charge in [-0.15, -0.1) is 0 Å². The minimum absolute atomic E-state index is 0.338. The molecule has 0 unspecified atom stereocenters. The lowest BCUT2D eigenvalue weighted by Gasteiger charge is -2.28. The SMILES string of the molecule is Cc1cccc(/C=C(\F)c2cc3c(cn2)CN(C2CC2)CC3)c1Cl. The van der Waals surface area contributed by atoms with E-state index in [9.17, 15) is 4.39 Å². The van der Waals surface area contributed by atoms with Crippen LogP contribution in [0.3, 0.4) is 0 Å². The molecule has 4 rings (SSSR count). The predicted molar refractivity (Wildman–Crippen MR) is 96.5 cm³/mol. The van der Waals surface area contributed by atoms with Crippen molar-refractivity contribution in [1.82, 2.24) is 9.88 Å². The fourth-order valence-electron chi connectivity index (χ4n) is 3.34. The lowest BCUT2D eigenvalue weighted by Crippen LogP contribution is -2.32. The van der Waals surface area contributed by atoms with E-state index >= 15 is 0 Å².